The third-order valence-electron chi connectivity index (χ3n) is 5.08. The van der Waals surface area contributed by atoms with E-state index in [-0.39, 0.29) is 23.9 Å². The minimum absolute atomic E-state index is 0.0415. The van der Waals surface area contributed by atoms with E-state index in [1.165, 1.54) is 12.8 Å². The Labute approximate surface area is 120 Å². The van der Waals surface area contributed by atoms with Crippen molar-refractivity contribution >= 4 is 5.91 Å². The number of fused-ring (bicyclic) bond motifs is 2. The number of furan rings is 1. The summed E-state index contributed by atoms with van der Waals surface area (Å²) in [5.74, 6) is 2.28. The van der Waals surface area contributed by atoms with Gasteiger partial charge in [0.15, 0.2) is 0 Å². The molecule has 5 unspecified atom stereocenters. The lowest BCUT2D eigenvalue weighted by Gasteiger charge is -2.28. The van der Waals surface area contributed by atoms with E-state index < -0.39 is 0 Å². The zero-order valence-corrected chi connectivity index (χ0v) is 12.0. The molecule has 2 saturated carbocycles. The van der Waals surface area contributed by atoms with Crippen LogP contribution >= 0.6 is 0 Å². The lowest BCUT2D eigenvalue weighted by molar-refractivity contribution is -0.127. The van der Waals surface area contributed by atoms with E-state index >= 15 is 0 Å². The summed E-state index contributed by atoms with van der Waals surface area (Å²) in [6.07, 6.45) is 6.99. The predicted octanol–water partition coefficient (Wildman–Crippen LogP) is 2.09. The minimum Gasteiger partial charge on any atom is -0.469 e. The maximum Gasteiger partial charge on any atom is 0.225 e. The lowest BCUT2D eigenvalue weighted by atomic mass is 9.84. The highest BCUT2D eigenvalue weighted by Gasteiger charge is 2.49. The van der Waals surface area contributed by atoms with E-state index in [0.717, 1.165) is 25.0 Å². The van der Waals surface area contributed by atoms with Gasteiger partial charge in [0.2, 0.25) is 5.91 Å². The Bertz CT molecular complexity index is 455. The van der Waals surface area contributed by atoms with Crippen LogP contribution in [-0.2, 0) is 11.2 Å². The Morgan fingerprint density at radius 3 is 2.95 bits per heavy atom. The standard InChI is InChI=1S/C16H24N2O2/c1-10(4-7-13-3-2-8-20-13)18-16(19)14-11-5-6-12(9-11)15(14)17/h2-3,8,10-12,14-15H,4-7,9,17H2,1H3,(H,18,19). The van der Waals surface area contributed by atoms with Crippen LogP contribution in [0.4, 0.5) is 0 Å². The van der Waals surface area contributed by atoms with Gasteiger partial charge in [-0.25, -0.2) is 0 Å². The van der Waals surface area contributed by atoms with Crippen molar-refractivity contribution in [2.45, 2.75) is 51.1 Å². The molecule has 1 aromatic rings. The van der Waals surface area contributed by atoms with Crippen molar-refractivity contribution < 1.29 is 9.21 Å². The highest BCUT2D eigenvalue weighted by molar-refractivity contribution is 5.80. The number of carbonyl (C=O) groups is 1. The van der Waals surface area contributed by atoms with E-state index in [1.807, 2.05) is 12.1 Å². The van der Waals surface area contributed by atoms with Crippen LogP contribution in [-0.4, -0.2) is 18.0 Å². The molecular formula is C16H24N2O2. The highest BCUT2D eigenvalue weighted by atomic mass is 16.3. The first-order chi connectivity index (χ1) is 9.65. The fraction of sp³-hybridized carbons (Fsp3) is 0.688. The predicted molar refractivity (Wildman–Crippen MR) is 76.9 cm³/mol. The average Bonchev–Trinajstić information content (AvgIpc) is 3.13. The first-order valence-corrected chi connectivity index (χ1v) is 7.73. The van der Waals surface area contributed by atoms with Gasteiger partial charge in [-0.2, -0.15) is 0 Å². The van der Waals surface area contributed by atoms with Crippen LogP contribution in [0.5, 0.6) is 0 Å². The number of hydrogen-bond acceptors (Lipinski definition) is 3. The monoisotopic (exact) mass is 276 g/mol. The van der Waals surface area contributed by atoms with Gasteiger partial charge in [-0.05, 0) is 56.6 Å². The van der Waals surface area contributed by atoms with Crippen molar-refractivity contribution in [1.82, 2.24) is 5.32 Å². The molecule has 5 atom stereocenters. The zero-order chi connectivity index (χ0) is 14.1. The van der Waals surface area contributed by atoms with Gasteiger partial charge in [-0.15, -0.1) is 0 Å². The molecular weight excluding hydrogens is 252 g/mol. The van der Waals surface area contributed by atoms with Gasteiger partial charge in [0.1, 0.15) is 5.76 Å². The van der Waals surface area contributed by atoms with Crippen LogP contribution in [0.15, 0.2) is 22.8 Å². The first-order valence-electron chi connectivity index (χ1n) is 7.73. The molecule has 4 nitrogen and oxygen atoms in total. The normalized spacial score (nSPS) is 33.3. The molecule has 2 aliphatic carbocycles. The second kappa shape index (κ2) is 5.60. The summed E-state index contributed by atoms with van der Waals surface area (Å²) < 4.78 is 5.31. The minimum atomic E-state index is 0.0415. The van der Waals surface area contributed by atoms with Gasteiger partial charge in [0.25, 0.3) is 0 Å². The van der Waals surface area contributed by atoms with E-state index in [9.17, 15) is 4.79 Å². The highest BCUT2D eigenvalue weighted by Crippen LogP contribution is 2.47. The van der Waals surface area contributed by atoms with Gasteiger partial charge in [-0.1, -0.05) is 0 Å². The number of amides is 1. The molecule has 2 fully saturated rings. The molecule has 0 aromatic carbocycles. The smallest absolute Gasteiger partial charge is 0.225 e. The first kappa shape index (κ1) is 13.7. The quantitative estimate of drug-likeness (QED) is 0.865. The molecule has 1 aromatic heterocycles. The van der Waals surface area contributed by atoms with Crippen molar-refractivity contribution in [3.05, 3.63) is 24.2 Å². The number of aryl methyl sites for hydroxylation is 1. The third kappa shape index (κ3) is 2.62. The number of carbonyl (C=O) groups excluding carboxylic acids is 1. The van der Waals surface area contributed by atoms with E-state index in [0.29, 0.717) is 11.8 Å². The van der Waals surface area contributed by atoms with E-state index in [2.05, 4.69) is 12.2 Å². The van der Waals surface area contributed by atoms with Crippen LogP contribution in [0.2, 0.25) is 0 Å². The maximum atomic E-state index is 12.4. The summed E-state index contributed by atoms with van der Waals surface area (Å²) in [4.78, 5) is 12.4. The molecule has 20 heavy (non-hydrogen) atoms. The fourth-order valence-corrected chi connectivity index (χ4v) is 3.95. The summed E-state index contributed by atoms with van der Waals surface area (Å²) in [7, 11) is 0. The third-order valence-corrected chi connectivity index (χ3v) is 5.08. The molecule has 110 valence electrons. The van der Waals surface area contributed by atoms with Crippen LogP contribution in [0.1, 0.15) is 38.4 Å². The second-order valence-electron chi connectivity index (χ2n) is 6.46. The largest absolute Gasteiger partial charge is 0.469 e. The summed E-state index contributed by atoms with van der Waals surface area (Å²) in [6, 6.07) is 4.11. The number of nitrogens with one attached hydrogen (secondary N) is 1. The zero-order valence-electron chi connectivity index (χ0n) is 12.0. The van der Waals surface area contributed by atoms with Crippen molar-refractivity contribution in [3.63, 3.8) is 0 Å². The summed E-state index contributed by atoms with van der Waals surface area (Å²) in [5.41, 5.74) is 6.22. The van der Waals surface area contributed by atoms with Crippen LogP contribution in [0, 0.1) is 17.8 Å². The Kier molecular flexibility index (Phi) is 3.83. The molecule has 0 saturated heterocycles. The molecule has 2 bridgehead atoms. The SMILES string of the molecule is CC(CCc1ccco1)NC(=O)C1C2CCC(C2)C1N. The van der Waals surface area contributed by atoms with Gasteiger partial charge in [0, 0.05) is 18.5 Å². The molecule has 1 amide bonds. The van der Waals surface area contributed by atoms with Gasteiger partial charge in [0.05, 0.1) is 12.2 Å². The maximum absolute atomic E-state index is 12.4. The summed E-state index contributed by atoms with van der Waals surface area (Å²) in [6.45, 7) is 2.06. The van der Waals surface area contributed by atoms with Crippen molar-refractivity contribution in [1.29, 1.82) is 0 Å². The van der Waals surface area contributed by atoms with E-state index in [1.54, 1.807) is 6.26 Å². The molecule has 3 rings (SSSR count). The average molecular weight is 276 g/mol. The van der Waals surface area contributed by atoms with Crippen LogP contribution < -0.4 is 11.1 Å². The Morgan fingerprint density at radius 2 is 2.30 bits per heavy atom. The molecule has 0 spiro atoms. The molecule has 0 aliphatic heterocycles. The molecule has 3 N–H and O–H groups in total. The second-order valence-corrected chi connectivity index (χ2v) is 6.46. The van der Waals surface area contributed by atoms with Gasteiger partial charge in [-0.3, -0.25) is 4.79 Å². The Hall–Kier alpha value is -1.29. The summed E-state index contributed by atoms with van der Waals surface area (Å²) >= 11 is 0. The van der Waals surface area contributed by atoms with Crippen molar-refractivity contribution in [2.75, 3.05) is 0 Å². The van der Waals surface area contributed by atoms with E-state index in [4.69, 9.17) is 10.2 Å². The topological polar surface area (TPSA) is 68.3 Å². The van der Waals surface area contributed by atoms with Crippen molar-refractivity contribution in [3.8, 4) is 0 Å². The summed E-state index contributed by atoms with van der Waals surface area (Å²) in [5, 5.41) is 3.14. The molecule has 2 aliphatic rings. The van der Waals surface area contributed by atoms with Crippen molar-refractivity contribution in [2.24, 2.45) is 23.5 Å². The molecule has 4 heteroatoms. The molecule has 1 heterocycles. The number of hydrogen-bond donors (Lipinski definition) is 2. The number of nitrogens with two attached hydrogens (primary N) is 1. The fourth-order valence-electron chi connectivity index (χ4n) is 3.95. The molecule has 0 radical (unpaired) electrons. The Balaban J connectivity index is 1.48. The van der Waals surface area contributed by atoms with Gasteiger partial charge < -0.3 is 15.5 Å². The van der Waals surface area contributed by atoms with Crippen LogP contribution in [0.25, 0.3) is 0 Å². The van der Waals surface area contributed by atoms with Crippen LogP contribution in [0.3, 0.4) is 0 Å². The number of rotatable bonds is 5. The lowest BCUT2D eigenvalue weighted by Crippen LogP contribution is -2.47. The Morgan fingerprint density at radius 1 is 1.50 bits per heavy atom. The van der Waals surface area contributed by atoms with Gasteiger partial charge >= 0.3 is 0 Å².